The van der Waals surface area contributed by atoms with E-state index in [1.54, 1.807) is 55.6 Å². The van der Waals surface area contributed by atoms with Crippen molar-refractivity contribution in [3.63, 3.8) is 0 Å². The monoisotopic (exact) mass is 299 g/mol. The second-order valence-electron chi connectivity index (χ2n) is 4.37. The zero-order chi connectivity index (χ0) is 15.8. The third-order valence-corrected chi connectivity index (χ3v) is 2.78. The van der Waals surface area contributed by atoms with Crippen molar-refractivity contribution in [1.82, 2.24) is 5.43 Å². The molecule has 6 nitrogen and oxygen atoms in total. The van der Waals surface area contributed by atoms with Crippen LogP contribution in [0.25, 0.3) is 0 Å². The Morgan fingerprint density at radius 2 is 1.73 bits per heavy atom. The summed E-state index contributed by atoms with van der Waals surface area (Å²) in [4.78, 5) is 11.8. The topological polar surface area (TPSA) is 85.9 Å². The average Bonchev–Trinajstić information content (AvgIpc) is 2.59. The molecule has 0 saturated carbocycles. The van der Waals surface area contributed by atoms with Crippen LogP contribution >= 0.6 is 0 Å². The summed E-state index contributed by atoms with van der Waals surface area (Å²) in [6.07, 6.45) is 0. The van der Waals surface area contributed by atoms with E-state index in [0.717, 1.165) is 5.75 Å². The molecular formula is C16H17N3O3. The Morgan fingerprint density at radius 3 is 2.36 bits per heavy atom. The van der Waals surface area contributed by atoms with Gasteiger partial charge in [0.25, 0.3) is 5.91 Å². The fourth-order valence-electron chi connectivity index (χ4n) is 1.64. The highest BCUT2D eigenvalue weighted by molar-refractivity contribution is 5.95. The molecule has 0 atom stereocenters. The van der Waals surface area contributed by atoms with E-state index >= 15 is 0 Å². The molecule has 2 aromatic carbocycles. The second kappa shape index (κ2) is 7.68. The van der Waals surface area contributed by atoms with Gasteiger partial charge in [0, 0.05) is 5.56 Å². The third kappa shape index (κ3) is 4.52. The largest absolute Gasteiger partial charge is 0.497 e. The van der Waals surface area contributed by atoms with E-state index in [9.17, 15) is 4.79 Å². The molecule has 0 radical (unpaired) electrons. The minimum atomic E-state index is -0.326. The molecule has 0 aliphatic heterocycles. The number of amides is 1. The molecule has 0 aliphatic carbocycles. The molecule has 2 rings (SSSR count). The Bertz CT molecular complexity index is 639. The van der Waals surface area contributed by atoms with Gasteiger partial charge in [-0.05, 0) is 36.4 Å². The van der Waals surface area contributed by atoms with Gasteiger partial charge in [0.2, 0.25) is 0 Å². The maximum absolute atomic E-state index is 11.8. The van der Waals surface area contributed by atoms with E-state index in [4.69, 9.17) is 15.2 Å². The molecule has 6 heteroatoms. The molecule has 3 N–H and O–H groups in total. The number of methoxy groups -OCH3 is 1. The lowest BCUT2D eigenvalue weighted by atomic mass is 10.2. The minimum absolute atomic E-state index is 0.0708. The van der Waals surface area contributed by atoms with Crippen molar-refractivity contribution < 1.29 is 14.3 Å². The first-order valence-electron chi connectivity index (χ1n) is 6.63. The number of benzene rings is 2. The van der Waals surface area contributed by atoms with Crippen LogP contribution in [-0.2, 0) is 0 Å². The normalized spacial score (nSPS) is 10.9. The lowest BCUT2D eigenvalue weighted by molar-refractivity contribution is 0.0954. The van der Waals surface area contributed by atoms with Gasteiger partial charge in [-0.15, -0.1) is 0 Å². The predicted molar refractivity (Wildman–Crippen MR) is 84.0 cm³/mol. The number of carbonyl (C=O) groups is 1. The molecule has 2 aromatic rings. The molecule has 0 aliphatic rings. The Balaban J connectivity index is 1.83. The van der Waals surface area contributed by atoms with Crippen LogP contribution in [0.15, 0.2) is 59.7 Å². The van der Waals surface area contributed by atoms with Gasteiger partial charge in [-0.25, -0.2) is 5.43 Å². The lowest BCUT2D eigenvalue weighted by Gasteiger charge is -2.07. The van der Waals surface area contributed by atoms with Gasteiger partial charge >= 0.3 is 0 Å². The summed E-state index contributed by atoms with van der Waals surface area (Å²) >= 11 is 0. The van der Waals surface area contributed by atoms with Gasteiger partial charge in [0.1, 0.15) is 18.1 Å². The Morgan fingerprint density at radius 1 is 1.09 bits per heavy atom. The van der Waals surface area contributed by atoms with Crippen molar-refractivity contribution in [2.24, 2.45) is 10.8 Å². The van der Waals surface area contributed by atoms with Crippen molar-refractivity contribution in [2.75, 3.05) is 13.7 Å². The molecule has 0 aromatic heterocycles. The number of nitrogens with two attached hydrogens (primary N) is 1. The Hall–Kier alpha value is -3.02. The minimum Gasteiger partial charge on any atom is -0.497 e. The Kier molecular flexibility index (Phi) is 5.37. The molecule has 0 heterocycles. The number of carbonyl (C=O) groups excluding carboxylic acids is 1. The summed E-state index contributed by atoms with van der Waals surface area (Å²) in [7, 11) is 1.59. The number of hydrazone groups is 1. The van der Waals surface area contributed by atoms with Crippen LogP contribution in [0.2, 0.25) is 0 Å². The molecule has 114 valence electrons. The summed E-state index contributed by atoms with van der Waals surface area (Å²) in [5.41, 5.74) is 8.58. The first-order valence-corrected chi connectivity index (χ1v) is 6.63. The number of nitrogens with zero attached hydrogens (tertiary/aromatic N) is 1. The third-order valence-electron chi connectivity index (χ3n) is 2.78. The standard InChI is InChI=1S/C16H17N3O3/c1-21-13-7-9-14(10-8-13)22-11-15(17)18-19-16(20)12-5-3-2-4-6-12/h2-10H,11H2,1H3,(H2,17,18)(H,19,20). The molecule has 22 heavy (non-hydrogen) atoms. The number of amidine groups is 1. The molecule has 0 saturated heterocycles. The summed E-state index contributed by atoms with van der Waals surface area (Å²) in [5.74, 6) is 1.21. The van der Waals surface area contributed by atoms with Gasteiger partial charge in [0.15, 0.2) is 5.84 Å². The molecule has 0 spiro atoms. The molecule has 0 fully saturated rings. The number of ether oxygens (including phenoxy) is 2. The molecule has 0 unspecified atom stereocenters. The number of hydrogen-bond donors (Lipinski definition) is 2. The number of rotatable bonds is 6. The summed E-state index contributed by atoms with van der Waals surface area (Å²) in [6.45, 7) is 0.0708. The quantitative estimate of drug-likeness (QED) is 0.483. The van der Waals surface area contributed by atoms with Crippen molar-refractivity contribution in [3.05, 3.63) is 60.2 Å². The van der Waals surface area contributed by atoms with E-state index in [1.165, 1.54) is 0 Å². The zero-order valence-electron chi connectivity index (χ0n) is 12.2. The SMILES string of the molecule is COc1ccc(OC/C(N)=N/NC(=O)c2ccccc2)cc1. The smallest absolute Gasteiger partial charge is 0.271 e. The average molecular weight is 299 g/mol. The van der Waals surface area contributed by atoms with Crippen LogP contribution in [0.4, 0.5) is 0 Å². The first-order chi connectivity index (χ1) is 10.7. The van der Waals surface area contributed by atoms with Crippen LogP contribution in [0.1, 0.15) is 10.4 Å². The van der Waals surface area contributed by atoms with Crippen molar-refractivity contribution in [2.45, 2.75) is 0 Å². The summed E-state index contributed by atoms with van der Waals surface area (Å²) in [6, 6.07) is 15.8. The Labute approximate surface area is 128 Å². The fraction of sp³-hybridized carbons (Fsp3) is 0.125. The van der Waals surface area contributed by atoms with Crippen molar-refractivity contribution >= 4 is 11.7 Å². The number of nitrogens with one attached hydrogen (secondary N) is 1. The van der Waals surface area contributed by atoms with Gasteiger partial charge < -0.3 is 15.2 Å². The van der Waals surface area contributed by atoms with Crippen molar-refractivity contribution in [3.8, 4) is 11.5 Å². The van der Waals surface area contributed by atoms with Gasteiger partial charge in [0.05, 0.1) is 7.11 Å². The highest BCUT2D eigenvalue weighted by atomic mass is 16.5. The zero-order valence-corrected chi connectivity index (χ0v) is 12.2. The summed E-state index contributed by atoms with van der Waals surface area (Å²) in [5, 5.41) is 3.79. The first kappa shape index (κ1) is 15.4. The van der Waals surface area contributed by atoms with Crippen LogP contribution in [0.3, 0.4) is 0 Å². The highest BCUT2D eigenvalue weighted by Crippen LogP contribution is 2.16. The fourth-order valence-corrected chi connectivity index (χ4v) is 1.64. The van der Waals surface area contributed by atoms with Gasteiger partial charge in [-0.1, -0.05) is 18.2 Å². The van der Waals surface area contributed by atoms with Crippen LogP contribution in [0.5, 0.6) is 11.5 Å². The van der Waals surface area contributed by atoms with Crippen LogP contribution in [-0.4, -0.2) is 25.5 Å². The van der Waals surface area contributed by atoms with Gasteiger partial charge in [-0.2, -0.15) is 5.10 Å². The van der Waals surface area contributed by atoms with Crippen LogP contribution in [0, 0.1) is 0 Å². The second-order valence-corrected chi connectivity index (χ2v) is 4.37. The van der Waals surface area contributed by atoms with E-state index in [2.05, 4.69) is 10.5 Å². The van der Waals surface area contributed by atoms with Crippen LogP contribution < -0.4 is 20.6 Å². The van der Waals surface area contributed by atoms with Gasteiger partial charge in [-0.3, -0.25) is 4.79 Å². The lowest BCUT2D eigenvalue weighted by Crippen LogP contribution is -2.27. The van der Waals surface area contributed by atoms with E-state index in [0.29, 0.717) is 11.3 Å². The maximum Gasteiger partial charge on any atom is 0.271 e. The summed E-state index contributed by atoms with van der Waals surface area (Å²) < 4.78 is 10.5. The maximum atomic E-state index is 11.8. The molecule has 1 amide bonds. The van der Waals surface area contributed by atoms with Crippen molar-refractivity contribution in [1.29, 1.82) is 0 Å². The molecule has 0 bridgehead atoms. The van der Waals surface area contributed by atoms with E-state index in [1.807, 2.05) is 6.07 Å². The van der Waals surface area contributed by atoms with E-state index < -0.39 is 0 Å². The predicted octanol–water partition coefficient (Wildman–Crippen LogP) is 1.78. The van der Waals surface area contributed by atoms with E-state index in [-0.39, 0.29) is 18.3 Å². The number of hydrogen-bond acceptors (Lipinski definition) is 4. The molecular weight excluding hydrogens is 282 g/mol. The highest BCUT2D eigenvalue weighted by Gasteiger charge is 2.03.